The Morgan fingerprint density at radius 3 is 3.11 bits per heavy atom. The highest BCUT2D eigenvalue weighted by molar-refractivity contribution is 5.47. The van der Waals surface area contributed by atoms with Gasteiger partial charge in [0.15, 0.2) is 0 Å². The molecule has 5 nitrogen and oxygen atoms in total. The normalized spacial score (nSPS) is 15.2. The van der Waals surface area contributed by atoms with Crippen LogP contribution in [0.25, 0.3) is 0 Å². The molecule has 1 aliphatic rings. The summed E-state index contributed by atoms with van der Waals surface area (Å²) in [6, 6.07) is 6.08. The Kier molecular flexibility index (Phi) is 2.77. The van der Waals surface area contributed by atoms with Gasteiger partial charge in [-0.25, -0.2) is 10.4 Å². The van der Waals surface area contributed by atoms with Gasteiger partial charge in [0.2, 0.25) is 0 Å². The Morgan fingerprint density at radius 2 is 2.39 bits per heavy atom. The van der Waals surface area contributed by atoms with E-state index in [0.29, 0.717) is 0 Å². The fourth-order valence-electron chi connectivity index (χ4n) is 2.45. The summed E-state index contributed by atoms with van der Waals surface area (Å²) in [5, 5.41) is 0. The molecule has 0 spiro atoms. The van der Waals surface area contributed by atoms with E-state index in [9.17, 15) is 0 Å². The van der Waals surface area contributed by atoms with E-state index in [1.54, 1.807) is 6.33 Å². The third-order valence-corrected chi connectivity index (χ3v) is 3.37. The zero-order chi connectivity index (χ0) is 12.5. The maximum Gasteiger partial charge on any atom is 0.127 e. The topological polar surface area (TPSA) is 65.1 Å². The second-order valence-corrected chi connectivity index (χ2v) is 4.46. The van der Waals surface area contributed by atoms with Crippen LogP contribution in [0.5, 0.6) is 5.75 Å². The number of nitrogens with two attached hydrogens (primary N) is 1. The van der Waals surface area contributed by atoms with Crippen LogP contribution in [0.3, 0.4) is 0 Å². The Labute approximate surface area is 106 Å². The molecule has 0 radical (unpaired) electrons. The maximum absolute atomic E-state index is 5.73. The van der Waals surface area contributed by atoms with Crippen molar-refractivity contribution in [3.8, 4) is 5.75 Å². The summed E-state index contributed by atoms with van der Waals surface area (Å²) in [5.74, 6) is 6.67. The summed E-state index contributed by atoms with van der Waals surface area (Å²) in [5.41, 5.74) is 6.18. The van der Waals surface area contributed by atoms with Crippen LogP contribution in [0.2, 0.25) is 0 Å². The first-order valence-corrected chi connectivity index (χ1v) is 5.98. The first-order chi connectivity index (χ1) is 8.81. The third-order valence-electron chi connectivity index (χ3n) is 3.37. The lowest BCUT2D eigenvalue weighted by molar-refractivity contribution is 0.350. The largest absolute Gasteiger partial charge is 0.493 e. The molecule has 0 fully saturated rings. The first-order valence-electron chi connectivity index (χ1n) is 5.98. The molecule has 0 saturated carbocycles. The highest BCUT2D eigenvalue weighted by Gasteiger charge is 2.24. The molecule has 0 aliphatic carbocycles. The predicted molar refractivity (Wildman–Crippen MR) is 68.0 cm³/mol. The second kappa shape index (κ2) is 4.44. The number of ether oxygens (including phenoxy) is 1. The van der Waals surface area contributed by atoms with Crippen molar-refractivity contribution in [2.24, 2.45) is 12.9 Å². The van der Waals surface area contributed by atoms with Crippen molar-refractivity contribution in [3.05, 3.63) is 47.5 Å². The highest BCUT2D eigenvalue weighted by Crippen LogP contribution is 2.35. The molecule has 2 heterocycles. The smallest absolute Gasteiger partial charge is 0.127 e. The Bertz CT molecular complexity index is 564. The minimum absolute atomic E-state index is 0.106. The highest BCUT2D eigenvalue weighted by atomic mass is 16.5. The number of hydrazine groups is 1. The zero-order valence-corrected chi connectivity index (χ0v) is 10.3. The monoisotopic (exact) mass is 244 g/mol. The van der Waals surface area contributed by atoms with E-state index in [2.05, 4.69) is 16.5 Å². The number of rotatable bonds is 3. The van der Waals surface area contributed by atoms with Gasteiger partial charge in [-0.05, 0) is 5.56 Å². The Hall–Kier alpha value is -1.85. The number of hydrogen-bond acceptors (Lipinski definition) is 4. The fourth-order valence-corrected chi connectivity index (χ4v) is 2.45. The second-order valence-electron chi connectivity index (χ2n) is 4.46. The van der Waals surface area contributed by atoms with E-state index in [-0.39, 0.29) is 6.04 Å². The fraction of sp³-hybridized carbons (Fsp3) is 0.308. The number of nitrogens with one attached hydrogen (secondary N) is 1. The number of fused-ring (bicyclic) bond motifs is 1. The lowest BCUT2D eigenvalue weighted by Gasteiger charge is -2.19. The van der Waals surface area contributed by atoms with E-state index in [0.717, 1.165) is 30.0 Å². The first kappa shape index (κ1) is 11.3. The van der Waals surface area contributed by atoms with Crippen LogP contribution in [-0.2, 0) is 13.5 Å². The van der Waals surface area contributed by atoms with Crippen molar-refractivity contribution in [2.75, 3.05) is 6.61 Å². The number of aryl methyl sites for hydroxylation is 1. The maximum atomic E-state index is 5.73. The summed E-state index contributed by atoms with van der Waals surface area (Å²) >= 11 is 0. The minimum atomic E-state index is -0.106. The van der Waals surface area contributed by atoms with Crippen molar-refractivity contribution in [1.82, 2.24) is 15.0 Å². The molecule has 1 atom stereocenters. The van der Waals surface area contributed by atoms with Crippen molar-refractivity contribution >= 4 is 0 Å². The van der Waals surface area contributed by atoms with Gasteiger partial charge in [0.25, 0.3) is 0 Å². The number of benzene rings is 1. The molecule has 3 rings (SSSR count). The number of imidazole rings is 1. The molecule has 1 aliphatic heterocycles. The van der Waals surface area contributed by atoms with Crippen molar-refractivity contribution in [2.45, 2.75) is 12.5 Å². The average molecular weight is 244 g/mol. The molecule has 2 aromatic rings. The van der Waals surface area contributed by atoms with Crippen LogP contribution in [-0.4, -0.2) is 16.2 Å². The van der Waals surface area contributed by atoms with Gasteiger partial charge in [-0.15, -0.1) is 0 Å². The molecule has 1 unspecified atom stereocenters. The number of nitrogens with zero attached hydrogens (tertiary/aromatic N) is 2. The standard InChI is InChI=1S/C13H16N4O/c1-17-8-15-7-11(17)12(16-14)10-4-2-3-9-5-6-18-13(9)10/h2-4,7-8,12,16H,5-6,14H2,1H3. The van der Waals surface area contributed by atoms with Crippen molar-refractivity contribution in [1.29, 1.82) is 0 Å². The van der Waals surface area contributed by atoms with Gasteiger partial charge in [-0.1, -0.05) is 18.2 Å². The molecule has 0 bridgehead atoms. The molecule has 3 N–H and O–H groups in total. The van der Waals surface area contributed by atoms with E-state index in [1.807, 2.05) is 29.9 Å². The Morgan fingerprint density at radius 1 is 1.50 bits per heavy atom. The van der Waals surface area contributed by atoms with Gasteiger partial charge in [0.1, 0.15) is 5.75 Å². The number of para-hydroxylation sites is 1. The molecule has 1 aromatic heterocycles. The molecular weight excluding hydrogens is 228 g/mol. The van der Waals surface area contributed by atoms with Gasteiger partial charge >= 0.3 is 0 Å². The summed E-state index contributed by atoms with van der Waals surface area (Å²) in [6.07, 6.45) is 4.55. The molecule has 5 heteroatoms. The summed E-state index contributed by atoms with van der Waals surface area (Å²) in [6.45, 7) is 0.745. The van der Waals surface area contributed by atoms with Crippen LogP contribution in [0.15, 0.2) is 30.7 Å². The van der Waals surface area contributed by atoms with Crippen LogP contribution in [0.4, 0.5) is 0 Å². The van der Waals surface area contributed by atoms with Gasteiger partial charge in [0.05, 0.1) is 30.9 Å². The van der Waals surface area contributed by atoms with E-state index in [4.69, 9.17) is 10.6 Å². The van der Waals surface area contributed by atoms with Crippen molar-refractivity contribution < 1.29 is 4.74 Å². The molecule has 94 valence electrons. The Balaban J connectivity index is 2.08. The SMILES string of the molecule is Cn1cncc1C(NN)c1cccc2c1OCC2. The van der Waals surface area contributed by atoms with Crippen LogP contribution in [0, 0.1) is 0 Å². The average Bonchev–Trinajstić information content (AvgIpc) is 3.00. The van der Waals surface area contributed by atoms with Gasteiger partial charge in [0, 0.05) is 19.0 Å². The quantitative estimate of drug-likeness (QED) is 0.622. The van der Waals surface area contributed by atoms with E-state index in [1.165, 1.54) is 5.56 Å². The van der Waals surface area contributed by atoms with E-state index >= 15 is 0 Å². The minimum Gasteiger partial charge on any atom is -0.493 e. The van der Waals surface area contributed by atoms with Gasteiger partial charge < -0.3 is 9.30 Å². The zero-order valence-electron chi connectivity index (χ0n) is 10.3. The molecule has 0 saturated heterocycles. The predicted octanol–water partition coefficient (Wildman–Crippen LogP) is 0.908. The summed E-state index contributed by atoms with van der Waals surface area (Å²) < 4.78 is 7.68. The molecule has 0 amide bonds. The number of hydrogen-bond donors (Lipinski definition) is 2. The third kappa shape index (κ3) is 1.68. The summed E-state index contributed by atoms with van der Waals surface area (Å²) in [7, 11) is 1.96. The van der Waals surface area contributed by atoms with Crippen LogP contribution in [0.1, 0.15) is 22.9 Å². The molecular formula is C13H16N4O. The van der Waals surface area contributed by atoms with E-state index < -0.39 is 0 Å². The summed E-state index contributed by atoms with van der Waals surface area (Å²) in [4.78, 5) is 4.14. The van der Waals surface area contributed by atoms with Crippen LogP contribution >= 0.6 is 0 Å². The molecule has 1 aromatic carbocycles. The number of aromatic nitrogens is 2. The van der Waals surface area contributed by atoms with Crippen LogP contribution < -0.4 is 16.0 Å². The van der Waals surface area contributed by atoms with Gasteiger partial charge in [-0.2, -0.15) is 0 Å². The van der Waals surface area contributed by atoms with Gasteiger partial charge in [-0.3, -0.25) is 5.84 Å². The lowest BCUT2D eigenvalue weighted by Crippen LogP contribution is -2.30. The lowest BCUT2D eigenvalue weighted by atomic mass is 10.00. The molecule has 18 heavy (non-hydrogen) atoms. The van der Waals surface area contributed by atoms with Crippen molar-refractivity contribution in [3.63, 3.8) is 0 Å².